The maximum absolute atomic E-state index is 13.8. The zero-order chi connectivity index (χ0) is 31.2. The summed E-state index contributed by atoms with van der Waals surface area (Å²) in [6.07, 6.45) is -0.0811. The lowest BCUT2D eigenvalue weighted by Gasteiger charge is -2.22. The van der Waals surface area contributed by atoms with Crippen molar-refractivity contribution in [3.63, 3.8) is 0 Å². The maximum Gasteiger partial charge on any atom is 0.418 e. The molecule has 0 spiro atoms. The Hall–Kier alpha value is -5.31. The Bertz CT molecular complexity index is 2060. The van der Waals surface area contributed by atoms with Gasteiger partial charge in [-0.15, -0.1) is 0 Å². The average molecular weight is 586 g/mol. The molecular weight excluding hydrogens is 559 g/mol. The molecule has 0 radical (unpaired) electrons. The molecule has 12 heteroatoms. The molecule has 0 unspecified atom stereocenters. The summed E-state index contributed by atoms with van der Waals surface area (Å²) < 4.78 is 44.2. The smallest absolute Gasteiger partial charge is 0.378 e. The predicted octanol–water partition coefficient (Wildman–Crippen LogP) is 5.44. The van der Waals surface area contributed by atoms with E-state index in [1.54, 1.807) is 58.5 Å². The van der Waals surface area contributed by atoms with E-state index in [2.05, 4.69) is 20.4 Å². The van der Waals surface area contributed by atoms with Gasteiger partial charge in [0.2, 0.25) is 0 Å². The largest absolute Gasteiger partial charge is 0.418 e. The van der Waals surface area contributed by atoms with Gasteiger partial charge < -0.3 is 9.88 Å². The van der Waals surface area contributed by atoms with Crippen LogP contribution in [0.1, 0.15) is 40.8 Å². The summed E-state index contributed by atoms with van der Waals surface area (Å²) in [5.74, 6) is 0.300. The zero-order valence-electron chi connectivity index (χ0n) is 23.9. The average Bonchev–Trinajstić information content (AvgIpc) is 2.97. The zero-order valence-corrected chi connectivity index (χ0v) is 23.9. The van der Waals surface area contributed by atoms with Crippen LogP contribution >= 0.6 is 0 Å². The highest BCUT2D eigenvalue weighted by Crippen LogP contribution is 2.38. The summed E-state index contributed by atoms with van der Waals surface area (Å²) in [6.45, 7) is 5.19. The Morgan fingerprint density at radius 2 is 1.65 bits per heavy atom. The molecule has 1 N–H and O–H groups in total. The lowest BCUT2D eigenvalue weighted by Crippen LogP contribution is -2.22. The van der Waals surface area contributed by atoms with E-state index in [0.717, 1.165) is 11.6 Å². The minimum absolute atomic E-state index is 0.103. The van der Waals surface area contributed by atoms with E-state index in [1.807, 2.05) is 13.0 Å². The Morgan fingerprint density at radius 1 is 0.953 bits per heavy atom. The number of alkyl halides is 3. The van der Waals surface area contributed by atoms with E-state index < -0.39 is 17.8 Å². The summed E-state index contributed by atoms with van der Waals surface area (Å²) in [5, 5.41) is 17.1. The normalized spacial score (nSPS) is 12.3. The summed E-state index contributed by atoms with van der Waals surface area (Å²) in [6, 6.07) is 9.82. The van der Waals surface area contributed by atoms with Crippen molar-refractivity contribution in [3.8, 4) is 28.7 Å². The quantitative estimate of drug-likeness (QED) is 0.292. The molecule has 43 heavy (non-hydrogen) atoms. The van der Waals surface area contributed by atoms with E-state index >= 15 is 0 Å². The Labute approximate surface area is 243 Å². The van der Waals surface area contributed by atoms with Gasteiger partial charge in [0.25, 0.3) is 11.1 Å². The van der Waals surface area contributed by atoms with Crippen molar-refractivity contribution in [2.24, 2.45) is 14.1 Å². The molecule has 0 bridgehead atoms. The molecule has 9 nitrogen and oxygen atoms in total. The van der Waals surface area contributed by atoms with Crippen LogP contribution in [0.3, 0.4) is 0 Å². The van der Waals surface area contributed by atoms with E-state index in [4.69, 9.17) is 5.26 Å². The van der Waals surface area contributed by atoms with E-state index in [1.165, 1.54) is 27.6 Å². The van der Waals surface area contributed by atoms with Crippen LogP contribution in [0, 0.1) is 25.2 Å². The van der Waals surface area contributed by atoms with Crippen molar-refractivity contribution in [2.75, 3.05) is 5.32 Å². The number of fused-ring (bicyclic) bond motifs is 1. The third-order valence-electron chi connectivity index (χ3n) is 7.39. The number of benzene rings is 2. The molecule has 5 aromatic rings. The maximum atomic E-state index is 13.8. The highest BCUT2D eigenvalue weighted by atomic mass is 19.4. The molecule has 0 amide bonds. The van der Waals surface area contributed by atoms with Crippen molar-refractivity contribution < 1.29 is 13.2 Å². The van der Waals surface area contributed by atoms with Crippen LogP contribution < -0.4 is 16.4 Å². The second-order valence-electron chi connectivity index (χ2n) is 10.4. The number of nitriles is 1. The van der Waals surface area contributed by atoms with Crippen LogP contribution in [0.5, 0.6) is 0 Å². The predicted molar refractivity (Wildman–Crippen MR) is 156 cm³/mol. The monoisotopic (exact) mass is 585 g/mol. The van der Waals surface area contributed by atoms with Crippen LogP contribution in [0.15, 0.2) is 64.6 Å². The molecule has 0 aliphatic heterocycles. The molecule has 0 aliphatic rings. The standard InChI is InChI=1S/C31H26F3N7O2/c1-16-8-21(18(3)39-26-7-6-19(12-35)10-25(26)31(32,33)34)22-11-27(40(4)30(43)23(22)9-16)20-13-36-28(37-14-20)24-15-38-41(5)29(42)17(24)2/h6-11,13-15,18,39H,1-5H3/t18-/m1/s1. The number of hydrogen-bond acceptors (Lipinski definition) is 7. The second kappa shape index (κ2) is 10.8. The molecule has 0 fully saturated rings. The van der Waals surface area contributed by atoms with Crippen LogP contribution in [0.4, 0.5) is 18.9 Å². The molecule has 218 valence electrons. The van der Waals surface area contributed by atoms with Gasteiger partial charge in [-0.3, -0.25) is 9.59 Å². The number of pyridine rings is 1. The summed E-state index contributed by atoms with van der Waals surface area (Å²) in [7, 11) is 3.17. The third-order valence-corrected chi connectivity index (χ3v) is 7.39. The molecule has 1 atom stereocenters. The molecule has 0 saturated heterocycles. The number of anilines is 1. The Kier molecular flexibility index (Phi) is 7.35. The van der Waals surface area contributed by atoms with Crippen molar-refractivity contribution in [2.45, 2.75) is 33.0 Å². The lowest BCUT2D eigenvalue weighted by molar-refractivity contribution is -0.137. The minimum Gasteiger partial charge on any atom is -0.378 e. The van der Waals surface area contributed by atoms with Gasteiger partial charge in [0.05, 0.1) is 29.1 Å². The molecule has 5 rings (SSSR count). The first-order chi connectivity index (χ1) is 20.3. The number of aromatic nitrogens is 5. The second-order valence-corrected chi connectivity index (χ2v) is 10.4. The first-order valence-electron chi connectivity index (χ1n) is 13.2. The van der Waals surface area contributed by atoms with E-state index in [9.17, 15) is 22.8 Å². The number of nitrogens with zero attached hydrogens (tertiary/aromatic N) is 6. The molecule has 3 heterocycles. The first-order valence-corrected chi connectivity index (χ1v) is 13.2. The molecule has 0 aliphatic carbocycles. The van der Waals surface area contributed by atoms with E-state index in [0.29, 0.717) is 44.5 Å². The topological polar surface area (TPSA) is 118 Å². The SMILES string of the molecule is Cc1cc([C@@H](C)Nc2ccc(C#N)cc2C(F)(F)F)c2cc(-c3cnc(-c4cnn(C)c(=O)c4C)nc3)n(C)c(=O)c2c1. The van der Waals surface area contributed by atoms with Gasteiger partial charge in [0.15, 0.2) is 5.82 Å². The molecular formula is C31H26F3N7O2. The van der Waals surface area contributed by atoms with Crippen molar-refractivity contribution in [1.82, 2.24) is 24.3 Å². The summed E-state index contributed by atoms with van der Waals surface area (Å²) >= 11 is 0. The highest BCUT2D eigenvalue weighted by molar-refractivity contribution is 5.89. The molecule has 3 aromatic heterocycles. The van der Waals surface area contributed by atoms with Gasteiger partial charge in [0, 0.05) is 60.3 Å². The number of halogens is 3. The van der Waals surface area contributed by atoms with E-state index in [-0.39, 0.29) is 22.4 Å². The fraction of sp³-hybridized carbons (Fsp3) is 0.226. The summed E-state index contributed by atoms with van der Waals surface area (Å²) in [4.78, 5) is 34.7. The van der Waals surface area contributed by atoms with Gasteiger partial charge in [-0.1, -0.05) is 6.07 Å². The first kappa shape index (κ1) is 29.2. The number of rotatable bonds is 5. The summed E-state index contributed by atoms with van der Waals surface area (Å²) in [5.41, 5.74) is 1.54. The third kappa shape index (κ3) is 5.37. The number of aryl methyl sites for hydroxylation is 2. The lowest BCUT2D eigenvalue weighted by atomic mass is 9.96. The van der Waals surface area contributed by atoms with Crippen LogP contribution in [0.2, 0.25) is 0 Å². The van der Waals surface area contributed by atoms with Gasteiger partial charge in [0.1, 0.15) is 0 Å². The van der Waals surface area contributed by atoms with Gasteiger partial charge in [-0.25, -0.2) is 14.6 Å². The van der Waals surface area contributed by atoms with Gasteiger partial charge >= 0.3 is 6.18 Å². The molecule has 0 saturated carbocycles. The van der Waals surface area contributed by atoms with Crippen molar-refractivity contribution >= 4 is 16.5 Å². The highest BCUT2D eigenvalue weighted by Gasteiger charge is 2.34. The number of hydrogen-bond donors (Lipinski definition) is 1. The van der Waals surface area contributed by atoms with Crippen LogP contribution in [-0.2, 0) is 20.3 Å². The van der Waals surface area contributed by atoms with Gasteiger partial charge in [-0.05, 0) is 67.6 Å². The Morgan fingerprint density at radius 3 is 2.30 bits per heavy atom. The van der Waals surface area contributed by atoms with Crippen molar-refractivity contribution in [3.05, 3.63) is 104 Å². The van der Waals surface area contributed by atoms with Gasteiger partial charge in [-0.2, -0.15) is 23.5 Å². The van der Waals surface area contributed by atoms with Crippen LogP contribution in [0.25, 0.3) is 33.4 Å². The van der Waals surface area contributed by atoms with Crippen molar-refractivity contribution in [1.29, 1.82) is 5.26 Å². The molecule has 2 aromatic carbocycles. The fourth-order valence-electron chi connectivity index (χ4n) is 5.08. The fourth-order valence-corrected chi connectivity index (χ4v) is 5.08. The minimum atomic E-state index is -4.68. The number of nitrogens with one attached hydrogen (secondary N) is 1. The Balaban J connectivity index is 1.60. The van der Waals surface area contributed by atoms with Crippen LogP contribution in [-0.4, -0.2) is 24.3 Å².